The van der Waals surface area contributed by atoms with Gasteiger partial charge in [0, 0.05) is 23.8 Å². The van der Waals surface area contributed by atoms with Gasteiger partial charge in [0.15, 0.2) is 11.0 Å². The molecule has 1 fully saturated rings. The predicted octanol–water partition coefficient (Wildman–Crippen LogP) is 3.10. The van der Waals surface area contributed by atoms with Crippen molar-refractivity contribution in [2.24, 2.45) is 0 Å². The number of hydrogen-bond acceptors (Lipinski definition) is 5. The first-order valence-corrected chi connectivity index (χ1v) is 7.51. The van der Waals surface area contributed by atoms with E-state index in [0.717, 1.165) is 21.9 Å². The van der Waals surface area contributed by atoms with Gasteiger partial charge in [-0.1, -0.05) is 24.6 Å². The molecule has 2 heterocycles. The zero-order chi connectivity index (χ0) is 12.4. The molecule has 18 heavy (non-hydrogen) atoms. The van der Waals surface area contributed by atoms with Crippen LogP contribution in [-0.4, -0.2) is 27.2 Å². The highest BCUT2D eigenvalue weighted by Gasteiger charge is 2.16. The highest BCUT2D eigenvalue weighted by Crippen LogP contribution is 2.25. The third-order valence-corrected chi connectivity index (χ3v) is 3.92. The average molecular weight is 260 g/mol. The lowest BCUT2D eigenvalue weighted by Gasteiger charge is -2.13. The summed E-state index contributed by atoms with van der Waals surface area (Å²) in [4.78, 5) is 13.3. The van der Waals surface area contributed by atoms with Crippen molar-refractivity contribution < 1.29 is 0 Å². The zero-order valence-electron chi connectivity index (χ0n) is 10.4. The number of thioether (sulfide) groups is 1. The summed E-state index contributed by atoms with van der Waals surface area (Å²) in [5, 5.41) is 5.37. The highest BCUT2D eigenvalue weighted by atomic mass is 32.2. The Bertz CT molecular complexity index is 552. The zero-order valence-corrected chi connectivity index (χ0v) is 11.2. The van der Waals surface area contributed by atoms with Crippen LogP contribution in [0.2, 0.25) is 0 Å². The number of hydrogen-bond donors (Lipinski definition) is 1. The fourth-order valence-corrected chi connectivity index (χ4v) is 2.75. The summed E-state index contributed by atoms with van der Waals surface area (Å²) in [5.41, 5.74) is 0.934. The molecule has 0 atom stereocenters. The van der Waals surface area contributed by atoms with E-state index >= 15 is 0 Å². The van der Waals surface area contributed by atoms with Crippen LogP contribution >= 0.6 is 11.8 Å². The minimum Gasteiger partial charge on any atom is -0.366 e. The summed E-state index contributed by atoms with van der Waals surface area (Å²) in [5.74, 6) is 0.900. The van der Waals surface area contributed by atoms with Gasteiger partial charge in [-0.25, -0.2) is 15.0 Å². The lowest BCUT2D eigenvalue weighted by molar-refractivity contribution is 0.751. The Morgan fingerprint density at radius 1 is 1.28 bits per heavy atom. The molecule has 0 spiro atoms. The molecule has 1 saturated carbocycles. The van der Waals surface area contributed by atoms with Crippen LogP contribution in [0, 0.1) is 0 Å². The second-order valence-corrected chi connectivity index (χ2v) is 5.35. The topological polar surface area (TPSA) is 50.7 Å². The molecular weight excluding hydrogens is 244 g/mol. The van der Waals surface area contributed by atoms with Gasteiger partial charge in [-0.15, -0.1) is 0 Å². The molecule has 5 heteroatoms. The van der Waals surface area contributed by atoms with Gasteiger partial charge in [-0.2, -0.15) is 0 Å². The SMILES string of the molecule is CSc1ncc2ccnc(NC3CCCC3)c2n1. The molecule has 1 aliphatic rings. The summed E-state index contributed by atoms with van der Waals surface area (Å²) in [7, 11) is 0. The lowest BCUT2D eigenvalue weighted by atomic mass is 10.2. The number of rotatable bonds is 3. The van der Waals surface area contributed by atoms with Crippen molar-refractivity contribution in [2.75, 3.05) is 11.6 Å². The quantitative estimate of drug-likeness (QED) is 0.679. The molecule has 0 amide bonds. The number of nitrogens with one attached hydrogen (secondary N) is 1. The van der Waals surface area contributed by atoms with E-state index in [1.54, 1.807) is 11.8 Å². The Morgan fingerprint density at radius 2 is 2.11 bits per heavy atom. The molecule has 0 aliphatic heterocycles. The van der Waals surface area contributed by atoms with E-state index in [2.05, 4.69) is 20.3 Å². The predicted molar refractivity (Wildman–Crippen MR) is 75.0 cm³/mol. The third kappa shape index (κ3) is 2.27. The fourth-order valence-electron chi connectivity index (χ4n) is 2.41. The van der Waals surface area contributed by atoms with Gasteiger partial charge in [0.2, 0.25) is 0 Å². The lowest BCUT2D eigenvalue weighted by Crippen LogP contribution is -2.16. The maximum absolute atomic E-state index is 4.56. The summed E-state index contributed by atoms with van der Waals surface area (Å²) in [6.07, 6.45) is 10.8. The third-order valence-electron chi connectivity index (χ3n) is 3.36. The van der Waals surface area contributed by atoms with Gasteiger partial charge in [-0.05, 0) is 25.2 Å². The Hall–Kier alpha value is -1.36. The van der Waals surface area contributed by atoms with E-state index in [4.69, 9.17) is 0 Å². The van der Waals surface area contributed by atoms with Crippen LogP contribution in [0.25, 0.3) is 10.9 Å². The highest BCUT2D eigenvalue weighted by molar-refractivity contribution is 7.98. The molecule has 0 radical (unpaired) electrons. The van der Waals surface area contributed by atoms with E-state index in [-0.39, 0.29) is 0 Å². The largest absolute Gasteiger partial charge is 0.366 e. The van der Waals surface area contributed by atoms with E-state index in [0.29, 0.717) is 6.04 Å². The van der Waals surface area contributed by atoms with Gasteiger partial charge < -0.3 is 5.32 Å². The first kappa shape index (κ1) is 11.7. The van der Waals surface area contributed by atoms with E-state index < -0.39 is 0 Å². The van der Waals surface area contributed by atoms with Crippen LogP contribution in [0.4, 0.5) is 5.82 Å². The maximum Gasteiger partial charge on any atom is 0.187 e. The van der Waals surface area contributed by atoms with E-state index in [1.807, 2.05) is 24.7 Å². The number of fused-ring (bicyclic) bond motifs is 1. The van der Waals surface area contributed by atoms with Crippen molar-refractivity contribution in [3.8, 4) is 0 Å². The summed E-state index contributed by atoms with van der Waals surface area (Å²) < 4.78 is 0. The molecule has 3 rings (SSSR count). The van der Waals surface area contributed by atoms with Crippen LogP contribution in [-0.2, 0) is 0 Å². The molecule has 94 valence electrons. The molecule has 1 N–H and O–H groups in total. The van der Waals surface area contributed by atoms with Crippen LogP contribution < -0.4 is 5.32 Å². The van der Waals surface area contributed by atoms with Crippen molar-refractivity contribution in [1.29, 1.82) is 0 Å². The average Bonchev–Trinajstić information content (AvgIpc) is 2.91. The summed E-state index contributed by atoms with van der Waals surface area (Å²) in [6, 6.07) is 2.51. The van der Waals surface area contributed by atoms with Crippen LogP contribution in [0.1, 0.15) is 25.7 Å². The van der Waals surface area contributed by atoms with Crippen LogP contribution in [0.15, 0.2) is 23.6 Å². The number of nitrogens with zero attached hydrogens (tertiary/aromatic N) is 3. The van der Waals surface area contributed by atoms with Crippen molar-refractivity contribution in [2.45, 2.75) is 36.9 Å². The Labute approximate surface area is 111 Å². The fraction of sp³-hybridized carbons (Fsp3) is 0.462. The maximum atomic E-state index is 4.56. The van der Waals surface area contributed by atoms with Crippen molar-refractivity contribution in [3.63, 3.8) is 0 Å². The molecule has 2 aromatic rings. The van der Waals surface area contributed by atoms with E-state index in [1.165, 1.54) is 25.7 Å². The van der Waals surface area contributed by atoms with Crippen molar-refractivity contribution >= 4 is 28.5 Å². The molecule has 2 aromatic heterocycles. The van der Waals surface area contributed by atoms with Gasteiger partial charge in [0.25, 0.3) is 0 Å². The summed E-state index contributed by atoms with van der Waals surface area (Å²) >= 11 is 1.56. The second kappa shape index (κ2) is 5.10. The standard InChI is InChI=1S/C13H16N4S/c1-18-13-15-8-9-6-7-14-12(11(9)17-13)16-10-4-2-3-5-10/h6-8,10H,2-5H2,1H3,(H,14,16). The first-order chi connectivity index (χ1) is 8.86. The smallest absolute Gasteiger partial charge is 0.187 e. The molecule has 4 nitrogen and oxygen atoms in total. The van der Waals surface area contributed by atoms with Gasteiger partial charge in [0.05, 0.1) is 0 Å². The van der Waals surface area contributed by atoms with Gasteiger partial charge >= 0.3 is 0 Å². The van der Waals surface area contributed by atoms with Crippen molar-refractivity contribution in [1.82, 2.24) is 15.0 Å². The molecule has 0 bridgehead atoms. The van der Waals surface area contributed by atoms with Crippen LogP contribution in [0.3, 0.4) is 0 Å². The molecule has 0 aromatic carbocycles. The van der Waals surface area contributed by atoms with Gasteiger partial charge in [0.1, 0.15) is 5.52 Å². The normalized spacial score (nSPS) is 16.3. The number of aromatic nitrogens is 3. The molecule has 1 aliphatic carbocycles. The molecule has 0 saturated heterocycles. The molecule has 0 unspecified atom stereocenters. The summed E-state index contributed by atoms with van der Waals surface area (Å²) in [6.45, 7) is 0. The minimum absolute atomic E-state index is 0.552. The second-order valence-electron chi connectivity index (χ2n) is 4.58. The monoisotopic (exact) mass is 260 g/mol. The Morgan fingerprint density at radius 3 is 2.89 bits per heavy atom. The van der Waals surface area contributed by atoms with Crippen molar-refractivity contribution in [3.05, 3.63) is 18.5 Å². The first-order valence-electron chi connectivity index (χ1n) is 6.29. The van der Waals surface area contributed by atoms with Crippen LogP contribution in [0.5, 0.6) is 0 Å². The molecular formula is C13H16N4S. The van der Waals surface area contributed by atoms with Gasteiger partial charge in [-0.3, -0.25) is 0 Å². The number of pyridine rings is 1. The Kier molecular flexibility index (Phi) is 3.32. The Balaban J connectivity index is 1.98. The van der Waals surface area contributed by atoms with E-state index in [9.17, 15) is 0 Å². The minimum atomic E-state index is 0.552. The number of anilines is 1.